The number of nitrogens with one attached hydrogen (secondary N) is 1. The molecule has 18 heavy (non-hydrogen) atoms. The maximum absolute atomic E-state index is 12.1. The van der Waals surface area contributed by atoms with Crippen LogP contribution in [-0.4, -0.2) is 13.4 Å². The molecule has 0 atom stereocenters. The van der Waals surface area contributed by atoms with Gasteiger partial charge in [0.05, 0.1) is 10.6 Å². The highest BCUT2D eigenvalue weighted by molar-refractivity contribution is 7.92. The van der Waals surface area contributed by atoms with E-state index in [0.29, 0.717) is 11.4 Å². The number of nitrogen functional groups attached to an aromatic ring is 1. The van der Waals surface area contributed by atoms with Crippen LogP contribution in [0.4, 0.5) is 11.4 Å². The van der Waals surface area contributed by atoms with Crippen molar-refractivity contribution in [3.8, 4) is 0 Å². The van der Waals surface area contributed by atoms with E-state index in [9.17, 15) is 8.42 Å². The van der Waals surface area contributed by atoms with Crippen LogP contribution in [-0.2, 0) is 10.0 Å². The zero-order valence-electron chi connectivity index (χ0n) is 9.79. The molecule has 0 radical (unpaired) electrons. The third-order valence-corrected chi connectivity index (χ3v) is 3.68. The van der Waals surface area contributed by atoms with Crippen molar-refractivity contribution in [3.63, 3.8) is 0 Å². The maximum atomic E-state index is 12.1. The minimum atomic E-state index is -3.62. The van der Waals surface area contributed by atoms with Gasteiger partial charge in [0.25, 0.3) is 10.0 Å². The van der Waals surface area contributed by atoms with E-state index in [4.69, 9.17) is 5.73 Å². The quantitative estimate of drug-likeness (QED) is 0.826. The molecule has 1 aromatic carbocycles. The fraction of sp³-hybridized carbons (Fsp3) is 0.0833. The predicted molar refractivity (Wildman–Crippen MR) is 70.6 cm³/mol. The first-order valence-electron chi connectivity index (χ1n) is 5.27. The van der Waals surface area contributed by atoms with Crippen LogP contribution < -0.4 is 10.5 Å². The van der Waals surface area contributed by atoms with Crippen molar-refractivity contribution in [2.75, 3.05) is 10.5 Å². The molecule has 0 aliphatic carbocycles. The number of aryl methyl sites for hydroxylation is 1. The van der Waals surface area contributed by atoms with Gasteiger partial charge in [-0.1, -0.05) is 0 Å². The molecular weight excluding hydrogens is 250 g/mol. The number of anilines is 2. The molecule has 94 valence electrons. The predicted octanol–water partition coefficient (Wildman–Crippen LogP) is 1.77. The highest BCUT2D eigenvalue weighted by Crippen LogP contribution is 2.19. The molecule has 0 bridgehead atoms. The van der Waals surface area contributed by atoms with Crippen molar-refractivity contribution in [1.82, 2.24) is 4.98 Å². The smallest absolute Gasteiger partial charge is 0.261 e. The van der Waals surface area contributed by atoms with Gasteiger partial charge in [-0.2, -0.15) is 0 Å². The second kappa shape index (κ2) is 4.66. The lowest BCUT2D eigenvalue weighted by molar-refractivity contribution is 0.601. The van der Waals surface area contributed by atoms with Gasteiger partial charge >= 0.3 is 0 Å². The van der Waals surface area contributed by atoms with Crippen molar-refractivity contribution >= 4 is 21.4 Å². The molecule has 3 N–H and O–H groups in total. The van der Waals surface area contributed by atoms with Crippen molar-refractivity contribution in [2.24, 2.45) is 0 Å². The average Bonchev–Trinajstić information content (AvgIpc) is 2.28. The summed E-state index contributed by atoms with van der Waals surface area (Å²) in [6.07, 6.45) is 3.03. The Morgan fingerprint density at radius 1 is 1.17 bits per heavy atom. The lowest BCUT2D eigenvalue weighted by Gasteiger charge is -2.09. The van der Waals surface area contributed by atoms with Crippen molar-refractivity contribution < 1.29 is 8.42 Å². The van der Waals surface area contributed by atoms with E-state index in [2.05, 4.69) is 9.71 Å². The highest BCUT2D eigenvalue weighted by atomic mass is 32.2. The Labute approximate surface area is 106 Å². The molecule has 0 amide bonds. The minimum absolute atomic E-state index is 0.150. The molecule has 0 unspecified atom stereocenters. The van der Waals surface area contributed by atoms with E-state index in [1.54, 1.807) is 31.2 Å². The maximum Gasteiger partial charge on any atom is 0.261 e. The van der Waals surface area contributed by atoms with Gasteiger partial charge in [0.1, 0.15) is 0 Å². The number of rotatable bonds is 3. The number of benzene rings is 1. The summed E-state index contributed by atoms with van der Waals surface area (Å²) in [5.74, 6) is 0. The summed E-state index contributed by atoms with van der Waals surface area (Å²) in [5, 5.41) is 0. The molecule has 2 rings (SSSR count). The van der Waals surface area contributed by atoms with Gasteiger partial charge in [0.2, 0.25) is 0 Å². The van der Waals surface area contributed by atoms with Crippen molar-refractivity contribution in [2.45, 2.75) is 11.8 Å². The molecule has 1 heterocycles. The molecule has 0 fully saturated rings. The zero-order valence-corrected chi connectivity index (χ0v) is 10.6. The first kappa shape index (κ1) is 12.4. The van der Waals surface area contributed by atoms with Gasteiger partial charge in [-0.3, -0.25) is 9.71 Å². The molecule has 0 saturated carbocycles. The fourth-order valence-electron chi connectivity index (χ4n) is 1.57. The summed E-state index contributed by atoms with van der Waals surface area (Å²) >= 11 is 0. The number of aromatic nitrogens is 1. The van der Waals surface area contributed by atoms with Crippen LogP contribution >= 0.6 is 0 Å². The Morgan fingerprint density at radius 2 is 1.83 bits per heavy atom. The van der Waals surface area contributed by atoms with Crippen LogP contribution in [0.1, 0.15) is 5.56 Å². The Bertz CT molecular complexity index is 634. The molecule has 0 saturated heterocycles. The average molecular weight is 263 g/mol. The summed E-state index contributed by atoms with van der Waals surface area (Å²) in [7, 11) is -3.62. The van der Waals surface area contributed by atoms with E-state index < -0.39 is 10.0 Å². The summed E-state index contributed by atoms with van der Waals surface area (Å²) in [5.41, 5.74) is 7.33. The van der Waals surface area contributed by atoms with Crippen LogP contribution in [0.2, 0.25) is 0 Å². The highest BCUT2D eigenvalue weighted by Gasteiger charge is 2.14. The monoisotopic (exact) mass is 263 g/mol. The second-order valence-electron chi connectivity index (χ2n) is 3.92. The second-order valence-corrected chi connectivity index (χ2v) is 5.60. The zero-order chi connectivity index (χ0) is 13.2. The number of sulfonamides is 1. The third kappa shape index (κ3) is 2.78. The van der Waals surface area contributed by atoms with Crippen LogP contribution in [0.5, 0.6) is 0 Å². The Hall–Kier alpha value is -2.08. The van der Waals surface area contributed by atoms with Crippen LogP contribution in [0.15, 0.2) is 47.6 Å². The topological polar surface area (TPSA) is 85.1 Å². The van der Waals surface area contributed by atoms with E-state index in [0.717, 1.165) is 5.56 Å². The Kier molecular flexibility index (Phi) is 3.20. The van der Waals surface area contributed by atoms with Gasteiger partial charge in [0, 0.05) is 18.1 Å². The van der Waals surface area contributed by atoms with Crippen LogP contribution in [0, 0.1) is 6.92 Å². The number of pyridine rings is 1. The number of hydrogen-bond donors (Lipinski definition) is 2. The molecule has 6 heteroatoms. The molecule has 1 aromatic heterocycles. The van der Waals surface area contributed by atoms with Gasteiger partial charge in [-0.15, -0.1) is 0 Å². The first-order valence-corrected chi connectivity index (χ1v) is 6.76. The summed E-state index contributed by atoms with van der Waals surface area (Å²) in [6, 6.07) is 7.87. The molecule has 0 aliphatic rings. The van der Waals surface area contributed by atoms with E-state index in [1.165, 1.54) is 18.5 Å². The Balaban J connectivity index is 2.37. The van der Waals surface area contributed by atoms with Crippen LogP contribution in [0.3, 0.4) is 0 Å². The minimum Gasteiger partial charge on any atom is -0.399 e. The van der Waals surface area contributed by atoms with Gasteiger partial charge in [-0.25, -0.2) is 8.42 Å². The van der Waals surface area contributed by atoms with Crippen molar-refractivity contribution in [1.29, 1.82) is 0 Å². The van der Waals surface area contributed by atoms with Crippen LogP contribution in [0.25, 0.3) is 0 Å². The van der Waals surface area contributed by atoms with Crippen molar-refractivity contribution in [3.05, 3.63) is 48.3 Å². The largest absolute Gasteiger partial charge is 0.399 e. The van der Waals surface area contributed by atoms with E-state index in [-0.39, 0.29) is 4.90 Å². The molecular formula is C12H13N3O2S. The fourth-order valence-corrected chi connectivity index (χ4v) is 2.76. The Morgan fingerprint density at radius 3 is 2.44 bits per heavy atom. The summed E-state index contributed by atoms with van der Waals surface area (Å²) in [4.78, 5) is 3.97. The lowest BCUT2D eigenvalue weighted by atomic mass is 10.2. The number of nitrogens with zero attached hydrogens (tertiary/aromatic N) is 1. The summed E-state index contributed by atoms with van der Waals surface area (Å²) < 4.78 is 26.7. The first-order chi connectivity index (χ1) is 8.47. The van der Waals surface area contributed by atoms with Gasteiger partial charge in [0.15, 0.2) is 0 Å². The lowest BCUT2D eigenvalue weighted by Crippen LogP contribution is -2.13. The molecule has 2 aromatic rings. The normalized spacial score (nSPS) is 11.2. The third-order valence-electron chi connectivity index (χ3n) is 2.32. The molecule has 5 nitrogen and oxygen atoms in total. The number of nitrogens with two attached hydrogens (primary N) is 1. The molecule has 0 aliphatic heterocycles. The van der Waals surface area contributed by atoms with E-state index in [1.807, 2.05) is 0 Å². The van der Waals surface area contributed by atoms with E-state index >= 15 is 0 Å². The summed E-state index contributed by atoms with van der Waals surface area (Å²) in [6.45, 7) is 1.79. The van der Waals surface area contributed by atoms with Gasteiger partial charge < -0.3 is 5.73 Å². The molecule has 0 spiro atoms. The van der Waals surface area contributed by atoms with Gasteiger partial charge in [-0.05, 0) is 42.8 Å². The standard InChI is InChI=1S/C12H13N3O2S/c1-9-6-10(13)8-12(7-9)18(16,17)15-11-2-4-14-5-3-11/h2-8H,13H2,1H3,(H,14,15). The SMILES string of the molecule is Cc1cc(N)cc(S(=O)(=O)Nc2ccncc2)c1. The number of hydrogen-bond acceptors (Lipinski definition) is 4.